The molecule has 5 heteroatoms. The topological polar surface area (TPSA) is 0 Å². The van der Waals surface area contributed by atoms with E-state index in [1.165, 1.54) is 18.3 Å². The molecule has 2 heterocycles. The van der Waals surface area contributed by atoms with Gasteiger partial charge in [0.25, 0.3) is 0 Å². The summed E-state index contributed by atoms with van der Waals surface area (Å²) in [5, 5.41) is 0. The predicted octanol–water partition coefficient (Wildman–Crippen LogP) is 2.66. The van der Waals surface area contributed by atoms with Crippen molar-refractivity contribution in [3.8, 4) is 0 Å². The SMILES string of the molecule is CC[Si]1(C2[CH]([Zr+2][CH]3CC4C=CC=CC4C3[Si]3(CC)CCC3)CC3C=CC=CC32)CCC1.[Cl-].[Cl-]. The molecule has 0 radical (unpaired) electrons. The van der Waals surface area contributed by atoms with Crippen molar-refractivity contribution in [1.82, 2.24) is 0 Å². The summed E-state index contributed by atoms with van der Waals surface area (Å²) in [7, 11) is -1.99. The molecule has 0 amide bonds. The normalized spacial score (nSPS) is 42.7. The first kappa shape index (κ1) is 26.9. The standard InChI is InChI=1S/2C14H21Si.2ClH.Zr/c2*1-2-15(10-5-11-15)14-9-8-12-6-3-4-7-13(12)14;;;/h2*3-4,6-7,9,12-14H,2,5,8,10-11H2,1H3;2*1H;/q;;;;+2/p-2. The predicted molar refractivity (Wildman–Crippen MR) is 136 cm³/mol. The molecule has 8 atom stereocenters. The molecule has 8 unspecified atom stereocenters. The van der Waals surface area contributed by atoms with Crippen LogP contribution in [0.15, 0.2) is 48.6 Å². The molecule has 2 saturated carbocycles. The van der Waals surface area contributed by atoms with Crippen molar-refractivity contribution in [3.63, 3.8) is 0 Å². The Balaban J connectivity index is 0.00000130. The Hall–Kier alpha value is 0.857. The van der Waals surface area contributed by atoms with E-state index < -0.39 is 39.4 Å². The van der Waals surface area contributed by atoms with Gasteiger partial charge in [-0.3, -0.25) is 0 Å². The Morgan fingerprint density at radius 3 is 1.36 bits per heavy atom. The van der Waals surface area contributed by atoms with E-state index in [2.05, 4.69) is 62.5 Å². The van der Waals surface area contributed by atoms with E-state index in [9.17, 15) is 0 Å². The van der Waals surface area contributed by atoms with Gasteiger partial charge in [-0.1, -0.05) is 0 Å². The van der Waals surface area contributed by atoms with E-state index in [0.717, 1.165) is 23.7 Å². The summed E-state index contributed by atoms with van der Waals surface area (Å²) >= 11 is -0.401. The molecule has 2 saturated heterocycles. The van der Waals surface area contributed by atoms with Crippen molar-refractivity contribution in [3.05, 3.63) is 48.6 Å². The summed E-state index contributed by atoms with van der Waals surface area (Å²) in [5.74, 6) is 3.73. The molecule has 0 aromatic heterocycles. The van der Waals surface area contributed by atoms with Gasteiger partial charge in [-0.15, -0.1) is 0 Å². The maximum atomic E-state index is 2.70. The van der Waals surface area contributed by atoms with Crippen LogP contribution in [0.3, 0.4) is 0 Å². The maximum Gasteiger partial charge on any atom is -1.00 e. The average Bonchev–Trinajstić information content (AvgIpc) is 3.27. The van der Waals surface area contributed by atoms with E-state index in [0.29, 0.717) is 0 Å². The first-order chi connectivity index (χ1) is 15.2. The summed E-state index contributed by atoms with van der Waals surface area (Å²) < 4.78 is 2.42. The van der Waals surface area contributed by atoms with Crippen molar-refractivity contribution in [1.29, 1.82) is 0 Å². The second kappa shape index (κ2) is 10.7. The molecular formula is C28H42Cl2Si2Zr. The van der Waals surface area contributed by atoms with Crippen molar-refractivity contribution in [2.24, 2.45) is 23.7 Å². The third-order valence-electron chi connectivity index (χ3n) is 11.3. The quantitative estimate of drug-likeness (QED) is 0.414. The molecule has 6 aliphatic rings. The number of hydrogen-bond acceptors (Lipinski definition) is 0. The molecule has 0 aromatic carbocycles. The number of fused-ring (bicyclic) bond motifs is 2. The van der Waals surface area contributed by atoms with Gasteiger partial charge in [-0.05, 0) is 0 Å². The van der Waals surface area contributed by atoms with Crippen LogP contribution in [0, 0.1) is 23.7 Å². The molecule has 2 aliphatic heterocycles. The number of hydrogen-bond donors (Lipinski definition) is 0. The van der Waals surface area contributed by atoms with Crippen LogP contribution in [0.5, 0.6) is 0 Å². The molecule has 4 fully saturated rings. The van der Waals surface area contributed by atoms with Gasteiger partial charge in [0.15, 0.2) is 0 Å². The fourth-order valence-electron chi connectivity index (χ4n) is 9.40. The van der Waals surface area contributed by atoms with Gasteiger partial charge in [0.05, 0.1) is 0 Å². The molecular weight excluding hydrogens is 555 g/mol. The summed E-state index contributed by atoms with van der Waals surface area (Å²) in [6, 6.07) is 9.92. The van der Waals surface area contributed by atoms with Crippen LogP contribution in [0.4, 0.5) is 0 Å². The molecule has 0 nitrogen and oxygen atoms in total. The monoisotopic (exact) mass is 594 g/mol. The van der Waals surface area contributed by atoms with Gasteiger partial charge in [0.2, 0.25) is 0 Å². The van der Waals surface area contributed by atoms with Gasteiger partial charge < -0.3 is 24.8 Å². The molecule has 0 aromatic rings. The van der Waals surface area contributed by atoms with Crippen LogP contribution in [0.25, 0.3) is 0 Å². The second-order valence-electron chi connectivity index (χ2n) is 12.1. The van der Waals surface area contributed by atoms with E-state index in [4.69, 9.17) is 0 Å². The Labute approximate surface area is 229 Å². The van der Waals surface area contributed by atoms with Crippen LogP contribution >= 0.6 is 0 Å². The van der Waals surface area contributed by atoms with E-state index in [1.54, 1.807) is 61.9 Å². The van der Waals surface area contributed by atoms with Crippen molar-refractivity contribution < 1.29 is 48.0 Å². The molecule has 0 spiro atoms. The van der Waals surface area contributed by atoms with E-state index in [1.807, 2.05) is 0 Å². The van der Waals surface area contributed by atoms with Crippen molar-refractivity contribution >= 4 is 16.1 Å². The Kier molecular flexibility index (Phi) is 8.71. The number of halogens is 2. The van der Waals surface area contributed by atoms with Crippen LogP contribution in [0.1, 0.15) is 39.5 Å². The van der Waals surface area contributed by atoms with Crippen molar-refractivity contribution in [2.75, 3.05) is 0 Å². The minimum absolute atomic E-state index is 0. The van der Waals surface area contributed by atoms with Crippen molar-refractivity contribution in [2.45, 2.75) is 94.1 Å². The summed E-state index contributed by atoms with van der Waals surface area (Å²) in [5.41, 5.74) is 2.36. The van der Waals surface area contributed by atoms with Gasteiger partial charge in [-0.2, -0.15) is 0 Å². The molecule has 0 bridgehead atoms. The van der Waals surface area contributed by atoms with Gasteiger partial charge in [-0.25, -0.2) is 0 Å². The molecule has 33 heavy (non-hydrogen) atoms. The van der Waals surface area contributed by atoms with Crippen LogP contribution in [-0.2, 0) is 23.2 Å². The molecule has 6 rings (SSSR count). The fourth-order valence-corrected chi connectivity index (χ4v) is 31.8. The zero-order chi connectivity index (χ0) is 21.1. The summed E-state index contributed by atoms with van der Waals surface area (Å²) in [6.45, 7) is 5.19. The zero-order valence-corrected chi connectivity index (χ0v) is 26.5. The Bertz CT molecular complexity index is 736. The fraction of sp³-hybridized carbons (Fsp3) is 0.714. The minimum Gasteiger partial charge on any atom is -1.00 e. The summed E-state index contributed by atoms with van der Waals surface area (Å²) in [6.07, 6.45) is 26.6. The average molecular weight is 597 g/mol. The zero-order valence-electron chi connectivity index (χ0n) is 20.6. The number of allylic oxidation sites excluding steroid dienone is 8. The van der Waals surface area contributed by atoms with Crippen LogP contribution in [0.2, 0.25) is 54.6 Å². The first-order valence-corrected chi connectivity index (χ1v) is 21.9. The third kappa shape index (κ3) is 4.34. The number of rotatable bonds is 6. The Morgan fingerprint density at radius 2 is 1.03 bits per heavy atom. The maximum absolute atomic E-state index is 2.70. The first-order valence-electron chi connectivity index (χ1n) is 13.7. The third-order valence-corrected chi connectivity index (χ3v) is 30.6. The van der Waals surface area contributed by atoms with E-state index in [-0.39, 0.29) is 24.8 Å². The van der Waals surface area contributed by atoms with Crippen LogP contribution in [-0.4, -0.2) is 16.1 Å². The van der Waals surface area contributed by atoms with Gasteiger partial charge in [0.1, 0.15) is 0 Å². The molecule has 4 aliphatic carbocycles. The molecule has 0 N–H and O–H groups in total. The minimum atomic E-state index is -0.995. The van der Waals surface area contributed by atoms with Gasteiger partial charge >= 0.3 is 206 Å². The molecule has 180 valence electrons. The van der Waals surface area contributed by atoms with Crippen LogP contribution < -0.4 is 24.8 Å². The Morgan fingerprint density at radius 1 is 0.636 bits per heavy atom. The second-order valence-corrected chi connectivity index (χ2v) is 26.7. The largest absolute Gasteiger partial charge is 1.00 e. The van der Waals surface area contributed by atoms with Gasteiger partial charge in [0, 0.05) is 0 Å². The smallest absolute Gasteiger partial charge is 1.00 e. The summed E-state index contributed by atoms with van der Waals surface area (Å²) in [4.78, 5) is 0. The van der Waals surface area contributed by atoms with E-state index >= 15 is 0 Å².